The van der Waals surface area contributed by atoms with Crippen LogP contribution >= 0.6 is 0 Å². The van der Waals surface area contributed by atoms with Gasteiger partial charge in [-0.1, -0.05) is 24.3 Å². The number of carbonyl (C=O) groups is 3. The Balaban J connectivity index is 1.20. The van der Waals surface area contributed by atoms with E-state index >= 15 is 0 Å². The largest absolute Gasteiger partial charge is 0.341 e. The fourth-order valence-electron chi connectivity index (χ4n) is 4.67. The minimum Gasteiger partial charge on any atom is -0.341 e. The van der Waals surface area contributed by atoms with Crippen molar-refractivity contribution in [2.45, 2.75) is 26.3 Å². The molecule has 2 aliphatic rings. The molecule has 3 amide bonds. The highest BCUT2D eigenvalue weighted by atomic mass is 16.2. The molecular weight excluding hydrogens is 392 g/mol. The maximum absolute atomic E-state index is 12.8. The van der Waals surface area contributed by atoms with E-state index in [1.165, 1.54) is 0 Å². The van der Waals surface area contributed by atoms with Gasteiger partial charge in [-0.3, -0.25) is 19.3 Å². The Bertz CT molecular complexity index is 1160. The average molecular weight is 416 g/mol. The lowest BCUT2D eigenvalue weighted by atomic mass is 9.96. The van der Waals surface area contributed by atoms with Gasteiger partial charge in [-0.15, -0.1) is 0 Å². The van der Waals surface area contributed by atoms with Crippen molar-refractivity contribution in [3.8, 4) is 0 Å². The molecule has 1 saturated heterocycles. The first-order valence-corrected chi connectivity index (χ1v) is 10.7. The molecule has 1 fully saturated rings. The van der Waals surface area contributed by atoms with Gasteiger partial charge >= 0.3 is 0 Å². The second-order valence-corrected chi connectivity index (χ2v) is 8.32. The number of hydrogen-bond acceptors (Lipinski definition) is 4. The van der Waals surface area contributed by atoms with Crippen LogP contribution in [0.25, 0.3) is 11.0 Å². The van der Waals surface area contributed by atoms with Crippen molar-refractivity contribution in [3.63, 3.8) is 0 Å². The lowest BCUT2D eigenvalue weighted by Crippen LogP contribution is -2.46. The fraction of sp³-hybridized carbons (Fsp3) is 0.333. The summed E-state index contributed by atoms with van der Waals surface area (Å²) in [7, 11) is 0. The van der Waals surface area contributed by atoms with Gasteiger partial charge in [-0.25, -0.2) is 4.98 Å². The maximum Gasteiger partial charge on any atom is 0.262 e. The summed E-state index contributed by atoms with van der Waals surface area (Å²) in [4.78, 5) is 45.3. The summed E-state index contributed by atoms with van der Waals surface area (Å²) in [6.07, 6.45) is 1.78. The summed E-state index contributed by atoms with van der Waals surface area (Å²) < 4.78 is 2.26. The summed E-state index contributed by atoms with van der Waals surface area (Å²) >= 11 is 0. The molecule has 0 atom stereocenters. The molecule has 0 aliphatic carbocycles. The first-order chi connectivity index (χ1) is 15.0. The molecule has 31 heavy (non-hydrogen) atoms. The normalized spacial score (nSPS) is 16.9. The van der Waals surface area contributed by atoms with Gasteiger partial charge in [0.15, 0.2) is 0 Å². The summed E-state index contributed by atoms with van der Waals surface area (Å²) in [5, 5.41) is 0. The zero-order valence-corrected chi connectivity index (χ0v) is 17.5. The van der Waals surface area contributed by atoms with E-state index in [1.807, 2.05) is 25.1 Å². The van der Waals surface area contributed by atoms with E-state index < -0.39 is 0 Å². The van der Waals surface area contributed by atoms with Gasteiger partial charge in [0, 0.05) is 19.6 Å². The smallest absolute Gasteiger partial charge is 0.262 e. The second-order valence-electron chi connectivity index (χ2n) is 8.32. The predicted molar refractivity (Wildman–Crippen MR) is 116 cm³/mol. The number of imidazole rings is 1. The number of likely N-dealkylation sites (tertiary alicyclic amines) is 1. The summed E-state index contributed by atoms with van der Waals surface area (Å²) in [6.45, 7) is 3.99. The number of para-hydroxylation sites is 2. The Morgan fingerprint density at radius 1 is 0.968 bits per heavy atom. The number of piperidine rings is 1. The zero-order chi connectivity index (χ0) is 21.5. The van der Waals surface area contributed by atoms with E-state index in [0.29, 0.717) is 30.1 Å². The van der Waals surface area contributed by atoms with Crippen LogP contribution < -0.4 is 0 Å². The molecule has 0 bridgehead atoms. The van der Waals surface area contributed by atoms with Crippen LogP contribution in [-0.2, 0) is 11.3 Å². The van der Waals surface area contributed by atoms with Gasteiger partial charge in [0.2, 0.25) is 5.91 Å². The van der Waals surface area contributed by atoms with E-state index in [-0.39, 0.29) is 24.3 Å². The monoisotopic (exact) mass is 416 g/mol. The van der Waals surface area contributed by atoms with Crippen LogP contribution in [0.4, 0.5) is 0 Å². The van der Waals surface area contributed by atoms with Crippen molar-refractivity contribution in [2.75, 3.05) is 19.6 Å². The number of benzene rings is 2. The minimum atomic E-state index is -0.383. The highest BCUT2D eigenvalue weighted by Crippen LogP contribution is 2.25. The van der Waals surface area contributed by atoms with Crippen LogP contribution in [0, 0.1) is 12.8 Å². The van der Waals surface area contributed by atoms with Crippen molar-refractivity contribution >= 4 is 28.8 Å². The van der Waals surface area contributed by atoms with Crippen molar-refractivity contribution in [3.05, 3.63) is 65.5 Å². The van der Waals surface area contributed by atoms with Gasteiger partial charge in [-0.2, -0.15) is 0 Å². The van der Waals surface area contributed by atoms with Gasteiger partial charge in [0.25, 0.3) is 11.8 Å². The highest BCUT2D eigenvalue weighted by molar-refractivity contribution is 6.22. The van der Waals surface area contributed by atoms with E-state index in [4.69, 9.17) is 0 Å². The van der Waals surface area contributed by atoms with Gasteiger partial charge in [-0.05, 0) is 49.9 Å². The maximum atomic E-state index is 12.8. The number of hydrogen-bond donors (Lipinski definition) is 0. The van der Waals surface area contributed by atoms with Crippen LogP contribution in [0.1, 0.15) is 39.4 Å². The predicted octanol–water partition coefficient (Wildman–Crippen LogP) is 2.88. The second kappa shape index (κ2) is 7.65. The third kappa shape index (κ3) is 3.40. The number of aromatic nitrogens is 2. The number of nitrogens with zero attached hydrogens (tertiary/aromatic N) is 4. The molecule has 5 rings (SSSR count). The molecule has 0 unspecified atom stereocenters. The number of fused-ring (bicyclic) bond motifs is 2. The van der Waals surface area contributed by atoms with Gasteiger partial charge in [0.05, 0.1) is 22.2 Å². The Morgan fingerprint density at radius 3 is 2.26 bits per heavy atom. The minimum absolute atomic E-state index is 0.169. The van der Waals surface area contributed by atoms with Crippen molar-refractivity contribution in [2.24, 2.45) is 5.92 Å². The Labute approximate surface area is 180 Å². The third-order valence-corrected chi connectivity index (χ3v) is 6.42. The van der Waals surface area contributed by atoms with Crippen molar-refractivity contribution in [1.82, 2.24) is 19.4 Å². The molecule has 3 aromatic rings. The number of amides is 3. The number of imide groups is 1. The summed E-state index contributed by atoms with van der Waals surface area (Å²) in [5.74, 6) is 0.528. The molecule has 2 aliphatic heterocycles. The fourth-order valence-corrected chi connectivity index (χ4v) is 4.67. The topological polar surface area (TPSA) is 75.5 Å². The summed E-state index contributed by atoms with van der Waals surface area (Å²) in [5.41, 5.74) is 2.90. The molecule has 158 valence electrons. The molecule has 0 radical (unpaired) electrons. The van der Waals surface area contributed by atoms with Crippen LogP contribution in [0.3, 0.4) is 0 Å². The number of rotatable bonds is 4. The van der Waals surface area contributed by atoms with E-state index in [2.05, 4.69) is 15.6 Å². The van der Waals surface area contributed by atoms with Crippen molar-refractivity contribution in [1.29, 1.82) is 0 Å². The van der Waals surface area contributed by atoms with Crippen LogP contribution in [-0.4, -0.2) is 56.7 Å². The molecule has 7 nitrogen and oxygen atoms in total. The molecule has 1 aromatic heterocycles. The molecule has 0 saturated carbocycles. The molecule has 2 aromatic carbocycles. The van der Waals surface area contributed by atoms with E-state index in [0.717, 1.165) is 41.1 Å². The first-order valence-electron chi connectivity index (χ1n) is 10.7. The zero-order valence-electron chi connectivity index (χ0n) is 17.5. The van der Waals surface area contributed by atoms with E-state index in [1.54, 1.807) is 29.2 Å². The lowest BCUT2D eigenvalue weighted by molar-refractivity contribution is -0.132. The first kappa shape index (κ1) is 19.5. The molecule has 0 N–H and O–H groups in total. The quantitative estimate of drug-likeness (QED) is 0.613. The molecular formula is C24H24N4O3. The molecule has 7 heteroatoms. The SMILES string of the molecule is Cc1nc2ccccc2n1CC1CCN(C(=O)CN2C(=O)c3ccccc3C2=O)CC1. The van der Waals surface area contributed by atoms with Crippen LogP contribution in [0.2, 0.25) is 0 Å². The Kier molecular flexibility index (Phi) is 4.81. The van der Waals surface area contributed by atoms with Crippen LogP contribution in [0.5, 0.6) is 0 Å². The molecule has 3 heterocycles. The van der Waals surface area contributed by atoms with Crippen LogP contribution in [0.15, 0.2) is 48.5 Å². The van der Waals surface area contributed by atoms with Gasteiger partial charge in [0.1, 0.15) is 12.4 Å². The van der Waals surface area contributed by atoms with Crippen molar-refractivity contribution < 1.29 is 14.4 Å². The van der Waals surface area contributed by atoms with E-state index in [9.17, 15) is 14.4 Å². The van der Waals surface area contributed by atoms with Gasteiger partial charge < -0.3 is 9.47 Å². The lowest BCUT2D eigenvalue weighted by Gasteiger charge is -2.33. The highest BCUT2D eigenvalue weighted by Gasteiger charge is 2.37. The average Bonchev–Trinajstić information content (AvgIpc) is 3.23. The standard InChI is InChI=1S/C24H24N4O3/c1-16-25-20-8-4-5-9-21(20)27(16)14-17-10-12-26(13-11-17)22(29)15-28-23(30)18-6-2-3-7-19(18)24(28)31/h2-9,17H,10-15H2,1H3. The summed E-state index contributed by atoms with van der Waals surface area (Å²) in [6, 6.07) is 14.9. The number of aryl methyl sites for hydroxylation is 1. The Morgan fingerprint density at radius 2 is 1.58 bits per heavy atom. The Hall–Kier alpha value is -3.48. The third-order valence-electron chi connectivity index (χ3n) is 6.42. The molecule has 0 spiro atoms. The number of carbonyl (C=O) groups excluding carboxylic acids is 3.